The minimum Gasteiger partial charge on any atom is -0.396 e. The maximum absolute atomic E-state index is 8.64. The molecule has 2 N–H and O–H groups in total. The lowest BCUT2D eigenvalue weighted by Gasteiger charge is -2.28. The van der Waals surface area contributed by atoms with Gasteiger partial charge in [-0.25, -0.2) is 0 Å². The molecule has 0 aromatic carbocycles. The molecule has 0 radical (unpaired) electrons. The second kappa shape index (κ2) is 8.97. The Morgan fingerprint density at radius 3 is 2.25 bits per heavy atom. The Labute approximate surface area is 101 Å². The van der Waals surface area contributed by atoms with E-state index >= 15 is 0 Å². The molecule has 0 aromatic rings. The van der Waals surface area contributed by atoms with Crippen LogP contribution in [0, 0.1) is 5.41 Å². The monoisotopic (exact) mass is 230 g/mol. The molecular formula is C13H30N2O. The quantitative estimate of drug-likeness (QED) is 0.561. The zero-order valence-corrected chi connectivity index (χ0v) is 11.6. The number of rotatable bonds is 10. The molecule has 0 aliphatic rings. The van der Waals surface area contributed by atoms with Crippen LogP contribution in [-0.2, 0) is 0 Å². The van der Waals surface area contributed by atoms with E-state index in [0.29, 0.717) is 12.0 Å². The Morgan fingerprint density at radius 2 is 1.69 bits per heavy atom. The number of unbranched alkanes of at least 4 members (excludes halogenated alkanes) is 3. The number of aliphatic hydroxyl groups is 1. The number of aliphatic hydroxyl groups excluding tert-OH is 1. The molecule has 0 rings (SSSR count). The minimum absolute atomic E-state index is 0.337. The van der Waals surface area contributed by atoms with E-state index in [1.807, 2.05) is 0 Å². The Kier molecular flexibility index (Phi) is 8.90. The van der Waals surface area contributed by atoms with Crippen molar-refractivity contribution in [3.05, 3.63) is 0 Å². The normalized spacial score (nSPS) is 12.4. The first-order valence-corrected chi connectivity index (χ1v) is 6.44. The number of nitrogens with zero attached hydrogens (tertiary/aromatic N) is 1. The van der Waals surface area contributed by atoms with Crippen LogP contribution in [0.2, 0.25) is 0 Å². The number of hydrogen-bond acceptors (Lipinski definition) is 3. The molecule has 3 heteroatoms. The first-order chi connectivity index (χ1) is 7.48. The Balaban J connectivity index is 3.36. The number of nitrogens with one attached hydrogen (secondary N) is 1. The van der Waals surface area contributed by atoms with Crippen LogP contribution in [-0.4, -0.2) is 50.3 Å². The summed E-state index contributed by atoms with van der Waals surface area (Å²) < 4.78 is 0. The molecule has 0 bridgehead atoms. The Bertz CT molecular complexity index is 158. The largest absolute Gasteiger partial charge is 0.396 e. The van der Waals surface area contributed by atoms with E-state index in [4.69, 9.17) is 5.11 Å². The molecule has 0 aromatic heterocycles. The van der Waals surface area contributed by atoms with Gasteiger partial charge in [0.05, 0.1) is 0 Å². The van der Waals surface area contributed by atoms with Crippen LogP contribution >= 0.6 is 0 Å². The molecule has 0 unspecified atom stereocenters. The summed E-state index contributed by atoms with van der Waals surface area (Å²) in [5, 5.41) is 12.2. The van der Waals surface area contributed by atoms with Gasteiger partial charge in [-0.15, -0.1) is 0 Å². The molecule has 0 spiro atoms. The second-order valence-corrected chi connectivity index (χ2v) is 5.72. The maximum atomic E-state index is 8.64. The highest BCUT2D eigenvalue weighted by atomic mass is 16.2. The second-order valence-electron chi connectivity index (χ2n) is 5.72. The van der Waals surface area contributed by atoms with Crippen LogP contribution in [0.1, 0.15) is 39.5 Å². The smallest absolute Gasteiger partial charge is 0.0431 e. The van der Waals surface area contributed by atoms with Crippen molar-refractivity contribution in [2.45, 2.75) is 39.5 Å². The van der Waals surface area contributed by atoms with Gasteiger partial charge < -0.3 is 15.3 Å². The summed E-state index contributed by atoms with van der Waals surface area (Å²) in [6, 6.07) is 0. The molecular weight excluding hydrogens is 200 g/mol. The molecule has 0 heterocycles. The predicted octanol–water partition coefficient (Wildman–Crippen LogP) is 1.72. The van der Waals surface area contributed by atoms with E-state index < -0.39 is 0 Å². The molecule has 0 amide bonds. The van der Waals surface area contributed by atoms with Crippen molar-refractivity contribution in [2.75, 3.05) is 40.3 Å². The van der Waals surface area contributed by atoms with E-state index in [1.54, 1.807) is 0 Å². The van der Waals surface area contributed by atoms with Crippen LogP contribution in [0.3, 0.4) is 0 Å². The van der Waals surface area contributed by atoms with Crippen LogP contribution < -0.4 is 5.32 Å². The Morgan fingerprint density at radius 1 is 1.06 bits per heavy atom. The van der Waals surface area contributed by atoms with E-state index in [9.17, 15) is 0 Å². The summed E-state index contributed by atoms with van der Waals surface area (Å²) in [6.07, 6.45) is 4.55. The summed E-state index contributed by atoms with van der Waals surface area (Å²) in [7, 11) is 4.24. The van der Waals surface area contributed by atoms with Gasteiger partial charge in [0.2, 0.25) is 0 Å². The minimum atomic E-state index is 0.337. The van der Waals surface area contributed by atoms with Gasteiger partial charge in [-0.3, -0.25) is 0 Å². The van der Waals surface area contributed by atoms with Crippen LogP contribution in [0.25, 0.3) is 0 Å². The lowest BCUT2D eigenvalue weighted by molar-refractivity contribution is 0.232. The van der Waals surface area contributed by atoms with Crippen molar-refractivity contribution in [3.8, 4) is 0 Å². The molecule has 0 aliphatic carbocycles. The zero-order chi connectivity index (χ0) is 12.4. The van der Waals surface area contributed by atoms with Crippen molar-refractivity contribution in [3.63, 3.8) is 0 Å². The fourth-order valence-corrected chi connectivity index (χ4v) is 2.05. The molecule has 16 heavy (non-hydrogen) atoms. The zero-order valence-electron chi connectivity index (χ0n) is 11.6. The van der Waals surface area contributed by atoms with Gasteiger partial charge in [0.15, 0.2) is 0 Å². The lowest BCUT2D eigenvalue weighted by Crippen LogP contribution is -2.37. The highest BCUT2D eigenvalue weighted by Gasteiger charge is 2.17. The summed E-state index contributed by atoms with van der Waals surface area (Å²) in [5.41, 5.74) is 0.342. The van der Waals surface area contributed by atoms with Crippen LogP contribution in [0.4, 0.5) is 0 Å². The van der Waals surface area contributed by atoms with E-state index in [0.717, 1.165) is 32.5 Å². The molecule has 0 atom stereocenters. The average Bonchev–Trinajstić information content (AvgIpc) is 2.14. The fourth-order valence-electron chi connectivity index (χ4n) is 2.05. The molecule has 98 valence electrons. The van der Waals surface area contributed by atoms with Gasteiger partial charge in [0.25, 0.3) is 0 Å². The molecule has 0 aliphatic heterocycles. The van der Waals surface area contributed by atoms with Gasteiger partial charge in [-0.2, -0.15) is 0 Å². The molecule has 0 saturated carbocycles. The predicted molar refractivity (Wildman–Crippen MR) is 70.8 cm³/mol. The summed E-state index contributed by atoms with van der Waals surface area (Å²) >= 11 is 0. The van der Waals surface area contributed by atoms with Gasteiger partial charge in [0.1, 0.15) is 0 Å². The van der Waals surface area contributed by atoms with Crippen molar-refractivity contribution in [1.82, 2.24) is 10.2 Å². The third-order valence-electron chi connectivity index (χ3n) is 2.61. The summed E-state index contributed by atoms with van der Waals surface area (Å²) in [5.74, 6) is 0. The van der Waals surface area contributed by atoms with Crippen LogP contribution in [0.15, 0.2) is 0 Å². The van der Waals surface area contributed by atoms with E-state index in [2.05, 4.69) is 38.2 Å². The average molecular weight is 230 g/mol. The topological polar surface area (TPSA) is 35.5 Å². The molecule has 0 saturated heterocycles. The maximum Gasteiger partial charge on any atom is 0.0431 e. The molecule has 3 nitrogen and oxygen atoms in total. The fraction of sp³-hybridized carbons (Fsp3) is 1.00. The third-order valence-corrected chi connectivity index (χ3v) is 2.61. The third kappa shape index (κ3) is 10.4. The van der Waals surface area contributed by atoms with E-state index in [-0.39, 0.29) is 0 Å². The summed E-state index contributed by atoms with van der Waals surface area (Å²) in [4.78, 5) is 2.24. The highest BCUT2D eigenvalue weighted by molar-refractivity contribution is 4.73. The SMILES string of the molecule is CN(C)CC(C)(C)CNCCCCCCO. The first-order valence-electron chi connectivity index (χ1n) is 6.44. The van der Waals surface area contributed by atoms with Gasteiger partial charge in [-0.05, 0) is 38.9 Å². The van der Waals surface area contributed by atoms with Crippen molar-refractivity contribution in [1.29, 1.82) is 0 Å². The summed E-state index contributed by atoms with van der Waals surface area (Å²) in [6.45, 7) is 8.22. The van der Waals surface area contributed by atoms with Gasteiger partial charge >= 0.3 is 0 Å². The first kappa shape index (κ1) is 15.9. The lowest BCUT2D eigenvalue weighted by atomic mass is 9.93. The van der Waals surface area contributed by atoms with Crippen molar-refractivity contribution in [2.24, 2.45) is 5.41 Å². The van der Waals surface area contributed by atoms with Crippen molar-refractivity contribution < 1.29 is 5.11 Å². The van der Waals surface area contributed by atoms with Gasteiger partial charge in [-0.1, -0.05) is 26.7 Å². The van der Waals surface area contributed by atoms with Crippen LogP contribution in [0.5, 0.6) is 0 Å². The molecule has 0 fully saturated rings. The van der Waals surface area contributed by atoms with Gasteiger partial charge in [0, 0.05) is 19.7 Å². The number of hydrogen-bond donors (Lipinski definition) is 2. The Hall–Kier alpha value is -0.120. The highest BCUT2D eigenvalue weighted by Crippen LogP contribution is 2.14. The van der Waals surface area contributed by atoms with E-state index in [1.165, 1.54) is 12.8 Å². The standard InChI is InChI=1S/C13H30N2O/c1-13(2,12-15(3)4)11-14-9-7-5-6-8-10-16/h14,16H,5-12H2,1-4H3. The van der Waals surface area contributed by atoms with Crippen molar-refractivity contribution >= 4 is 0 Å².